The minimum atomic E-state index is -0.502. The summed E-state index contributed by atoms with van der Waals surface area (Å²) < 4.78 is 16.6. The second-order valence-corrected chi connectivity index (χ2v) is 13.0. The molecule has 7 N–H and O–H groups in total. The zero-order chi connectivity index (χ0) is 32.6. The van der Waals surface area contributed by atoms with E-state index in [1.807, 2.05) is 35.7 Å². The van der Waals surface area contributed by atoms with E-state index in [-0.39, 0.29) is 17.0 Å². The molecule has 0 saturated carbocycles. The van der Waals surface area contributed by atoms with Crippen molar-refractivity contribution in [3.8, 4) is 16.9 Å². The molecule has 5 rings (SSSR count). The number of H-pyrrole nitrogens is 1. The van der Waals surface area contributed by atoms with Crippen molar-refractivity contribution in [2.24, 2.45) is 22.4 Å². The van der Waals surface area contributed by atoms with Gasteiger partial charge in [-0.05, 0) is 66.6 Å². The highest BCUT2D eigenvalue weighted by molar-refractivity contribution is 7.13. The predicted molar refractivity (Wildman–Crippen MR) is 186 cm³/mol. The molecule has 0 radical (unpaired) electrons. The van der Waals surface area contributed by atoms with Gasteiger partial charge in [-0.25, -0.2) is 14.2 Å². The average Bonchev–Trinajstić information content (AvgIpc) is 3.69. The molecule has 0 bridgehead atoms. The zero-order valence-electron chi connectivity index (χ0n) is 25.9. The lowest BCUT2D eigenvalue weighted by Gasteiger charge is -2.19. The van der Waals surface area contributed by atoms with Gasteiger partial charge >= 0.3 is 5.69 Å². The minimum absolute atomic E-state index is 0.0688. The number of nitrogens with two attached hydrogens (primary N) is 2. The minimum Gasteiger partial charge on any atom is -0.370 e. The van der Waals surface area contributed by atoms with Crippen molar-refractivity contribution >= 4 is 45.1 Å². The number of hydrogen-bond acceptors (Lipinski definition) is 7. The van der Waals surface area contributed by atoms with E-state index in [1.165, 1.54) is 15.9 Å². The number of hydrogen-bond donors (Lipinski definition) is 5. The van der Waals surface area contributed by atoms with E-state index in [0.29, 0.717) is 53.5 Å². The van der Waals surface area contributed by atoms with Gasteiger partial charge in [0, 0.05) is 54.4 Å². The van der Waals surface area contributed by atoms with Crippen LogP contribution in [0, 0.1) is 11.7 Å². The number of anilines is 1. The molecule has 0 spiro atoms. The fourth-order valence-corrected chi connectivity index (χ4v) is 5.99. The first-order valence-corrected chi connectivity index (χ1v) is 16.5. The summed E-state index contributed by atoms with van der Waals surface area (Å²) in [7, 11) is 0. The Morgan fingerprint density at radius 3 is 2.67 bits per heavy atom. The molecule has 0 saturated heterocycles. The third-order valence-electron chi connectivity index (χ3n) is 7.65. The van der Waals surface area contributed by atoms with Gasteiger partial charge in [0.1, 0.15) is 5.65 Å². The van der Waals surface area contributed by atoms with Crippen molar-refractivity contribution in [3.63, 3.8) is 0 Å². The van der Waals surface area contributed by atoms with E-state index in [0.717, 1.165) is 41.9 Å². The van der Waals surface area contributed by atoms with E-state index in [4.69, 9.17) is 23.1 Å². The topological polar surface area (TPSA) is 152 Å². The monoisotopic (exact) mass is 663 g/mol. The van der Waals surface area contributed by atoms with Crippen molar-refractivity contribution in [2.45, 2.75) is 52.1 Å². The fourth-order valence-electron chi connectivity index (χ4n) is 5.21. The van der Waals surface area contributed by atoms with Crippen LogP contribution in [0.4, 0.5) is 9.52 Å². The number of fused-ring (bicyclic) bond motifs is 1. The van der Waals surface area contributed by atoms with Crippen LogP contribution in [0.25, 0.3) is 28.0 Å². The first-order chi connectivity index (χ1) is 22.2. The number of aromatic amines is 1. The van der Waals surface area contributed by atoms with Gasteiger partial charge in [0.2, 0.25) is 0 Å². The molecule has 13 heteroatoms. The number of aryl methyl sites for hydroxylation is 1. The Kier molecular flexibility index (Phi) is 11.1. The Balaban J connectivity index is 1.30. The smallest absolute Gasteiger partial charge is 0.354 e. The number of nitrogens with one attached hydrogen (secondary N) is 3. The van der Waals surface area contributed by atoms with Gasteiger partial charge in [0.15, 0.2) is 16.9 Å². The number of rotatable bonds is 15. The van der Waals surface area contributed by atoms with Gasteiger partial charge in [-0.15, -0.1) is 11.3 Å². The molecular formula is C33H39ClFN9OS. The number of aromatic nitrogens is 4. The maximum Gasteiger partial charge on any atom is 0.354 e. The SMILES string of the molecule is CC(C)CCCc1cc(Cl)c(F)c(-c2cc3cn(-c4ccc(CN[C@H](CCN=C(N)N)CNc5nccs5)cc4)c(=O)nc3[nH]2)c1. The van der Waals surface area contributed by atoms with E-state index in [1.54, 1.807) is 24.5 Å². The van der Waals surface area contributed by atoms with Crippen LogP contribution in [0.5, 0.6) is 0 Å². The van der Waals surface area contributed by atoms with Crippen LogP contribution >= 0.6 is 22.9 Å². The molecule has 2 aromatic carbocycles. The summed E-state index contributed by atoms with van der Waals surface area (Å²) in [4.78, 5) is 28.8. The van der Waals surface area contributed by atoms with Gasteiger partial charge in [0.25, 0.3) is 0 Å². The van der Waals surface area contributed by atoms with E-state index in [2.05, 4.69) is 44.4 Å². The summed E-state index contributed by atoms with van der Waals surface area (Å²) in [5.41, 5.74) is 14.5. The van der Waals surface area contributed by atoms with Crippen molar-refractivity contribution in [1.29, 1.82) is 0 Å². The second-order valence-electron chi connectivity index (χ2n) is 11.7. The second kappa shape index (κ2) is 15.4. The predicted octanol–water partition coefficient (Wildman–Crippen LogP) is 5.84. The molecule has 46 heavy (non-hydrogen) atoms. The quantitative estimate of drug-likeness (QED) is 0.0697. The number of aliphatic imine (C=N–C) groups is 1. The van der Waals surface area contributed by atoms with E-state index < -0.39 is 11.5 Å². The number of thiazole rings is 1. The van der Waals surface area contributed by atoms with Gasteiger partial charge < -0.3 is 27.1 Å². The van der Waals surface area contributed by atoms with Crippen molar-refractivity contribution in [1.82, 2.24) is 24.8 Å². The summed E-state index contributed by atoms with van der Waals surface area (Å²) in [5, 5.41) is 10.4. The Morgan fingerprint density at radius 2 is 1.96 bits per heavy atom. The highest BCUT2D eigenvalue weighted by Crippen LogP contribution is 2.31. The summed E-state index contributed by atoms with van der Waals surface area (Å²) in [6.07, 6.45) is 7.08. The molecule has 1 atom stereocenters. The Morgan fingerprint density at radius 1 is 1.15 bits per heavy atom. The first kappa shape index (κ1) is 33.1. The van der Waals surface area contributed by atoms with Crippen molar-refractivity contribution < 1.29 is 4.39 Å². The molecule has 10 nitrogen and oxygen atoms in total. The summed E-state index contributed by atoms with van der Waals surface area (Å²) in [6, 6.07) is 13.1. The van der Waals surface area contributed by atoms with Crippen LogP contribution in [-0.2, 0) is 13.0 Å². The molecule has 5 aromatic rings. The molecule has 242 valence electrons. The largest absolute Gasteiger partial charge is 0.370 e. The lowest BCUT2D eigenvalue weighted by atomic mass is 10.00. The van der Waals surface area contributed by atoms with Crippen LogP contribution in [0.3, 0.4) is 0 Å². The number of halogens is 2. The molecular weight excluding hydrogens is 625 g/mol. The third kappa shape index (κ3) is 8.71. The van der Waals surface area contributed by atoms with Crippen LogP contribution < -0.4 is 27.8 Å². The average molecular weight is 664 g/mol. The zero-order valence-corrected chi connectivity index (χ0v) is 27.5. The molecule has 0 amide bonds. The maximum absolute atomic E-state index is 15.2. The number of benzene rings is 2. The van der Waals surface area contributed by atoms with Gasteiger partial charge in [-0.3, -0.25) is 9.56 Å². The first-order valence-electron chi connectivity index (χ1n) is 15.3. The van der Waals surface area contributed by atoms with Crippen molar-refractivity contribution in [2.75, 3.05) is 18.4 Å². The van der Waals surface area contributed by atoms with Crippen LogP contribution in [-0.4, -0.2) is 44.6 Å². The molecule has 0 aliphatic heterocycles. The molecule has 0 unspecified atom stereocenters. The normalized spacial score (nSPS) is 12.1. The van der Waals surface area contributed by atoms with E-state index >= 15 is 4.39 Å². The Bertz CT molecular complexity index is 1830. The van der Waals surface area contributed by atoms with Crippen LogP contribution in [0.2, 0.25) is 5.02 Å². The van der Waals surface area contributed by atoms with Gasteiger partial charge in [-0.2, -0.15) is 4.98 Å². The highest BCUT2D eigenvalue weighted by atomic mass is 35.5. The van der Waals surface area contributed by atoms with Gasteiger partial charge in [-0.1, -0.05) is 44.0 Å². The van der Waals surface area contributed by atoms with Crippen molar-refractivity contribution in [3.05, 3.63) is 92.7 Å². The Labute approximate surface area is 276 Å². The number of guanidine groups is 1. The summed E-state index contributed by atoms with van der Waals surface area (Å²) in [5.74, 6) is 0.162. The lowest BCUT2D eigenvalue weighted by Crippen LogP contribution is -2.36. The van der Waals surface area contributed by atoms with Crippen LogP contribution in [0.1, 0.15) is 44.2 Å². The summed E-state index contributed by atoms with van der Waals surface area (Å²) in [6.45, 7) is 6.13. The number of nitrogens with zero attached hydrogens (tertiary/aromatic N) is 4. The Hall–Kier alpha value is -4.26. The maximum atomic E-state index is 15.2. The third-order valence-corrected chi connectivity index (χ3v) is 8.65. The summed E-state index contributed by atoms with van der Waals surface area (Å²) >= 11 is 7.82. The standard InChI is InChI=1S/C33H39ClFN9OS/c1-20(2)4-3-5-22-14-26(29(35)27(34)15-22)28-16-23-19-44(33(45)43-30(23)42-28)25-8-6-21(7-9-25)17-40-24(10-11-38-31(36)37)18-41-32-39-12-13-46-32/h6-9,12-16,19-20,24,40H,3-5,10-11,17-18H2,1-2H3,(H,39,41)(H4,36,37,38)(H,42,43,45)/t24-/m1/s1. The van der Waals surface area contributed by atoms with Gasteiger partial charge in [0.05, 0.1) is 16.4 Å². The highest BCUT2D eigenvalue weighted by Gasteiger charge is 2.16. The van der Waals surface area contributed by atoms with E-state index in [9.17, 15) is 4.79 Å². The van der Waals surface area contributed by atoms with Crippen LogP contribution in [0.15, 0.2) is 70.0 Å². The molecule has 3 aromatic heterocycles. The molecule has 0 aliphatic carbocycles. The fraction of sp³-hybridized carbons (Fsp3) is 0.333. The molecule has 0 aliphatic rings. The molecule has 0 fully saturated rings. The molecule has 3 heterocycles. The lowest BCUT2D eigenvalue weighted by molar-refractivity contribution is 0.503.